The summed E-state index contributed by atoms with van der Waals surface area (Å²) >= 11 is 0. The highest BCUT2D eigenvalue weighted by molar-refractivity contribution is 5.03. The molecule has 0 aliphatic carbocycles. The first-order chi connectivity index (χ1) is 17.7. The van der Waals surface area contributed by atoms with Crippen molar-refractivity contribution in [3.63, 3.8) is 0 Å². The number of rotatable bonds is 6. The quantitative estimate of drug-likeness (QED) is 0.506. The number of hydrogen-bond acceptors (Lipinski definition) is 8. The van der Waals surface area contributed by atoms with Crippen molar-refractivity contribution in [1.29, 1.82) is 0 Å². The molecule has 0 aromatic carbocycles. The van der Waals surface area contributed by atoms with Crippen LogP contribution in [0, 0.1) is 17.3 Å². The lowest BCUT2D eigenvalue weighted by molar-refractivity contribution is -0.220. The van der Waals surface area contributed by atoms with E-state index >= 15 is 0 Å². The van der Waals surface area contributed by atoms with Crippen molar-refractivity contribution in [2.45, 2.75) is 62.8 Å². The van der Waals surface area contributed by atoms with Gasteiger partial charge < -0.3 is 39.5 Å². The molecule has 2 spiro atoms. The second kappa shape index (κ2) is 11.7. The fourth-order valence-electron chi connectivity index (χ4n) is 7.90. The fourth-order valence-corrected chi connectivity index (χ4v) is 7.90. The maximum atomic E-state index is 11.8. The van der Waals surface area contributed by atoms with Crippen molar-refractivity contribution in [2.24, 2.45) is 17.3 Å². The van der Waals surface area contributed by atoms with Crippen LogP contribution in [0.1, 0.15) is 45.4 Å². The molecule has 0 saturated carbocycles. The summed E-state index contributed by atoms with van der Waals surface area (Å²) in [5, 5.41) is 15.4. The van der Waals surface area contributed by atoms with Crippen molar-refractivity contribution in [1.82, 2.24) is 24.9 Å². The molecule has 5 heterocycles. The highest BCUT2D eigenvalue weighted by Gasteiger charge is 2.51. The molecule has 4 unspecified atom stereocenters. The normalized spacial score (nSPS) is 38.4. The van der Waals surface area contributed by atoms with E-state index in [1.807, 2.05) is 6.92 Å². The molecular formula is C29H55N5O3. The molecule has 214 valence electrons. The summed E-state index contributed by atoms with van der Waals surface area (Å²) in [6.07, 6.45) is 7.64. The monoisotopic (exact) mass is 521 g/mol. The zero-order chi connectivity index (χ0) is 26.1. The summed E-state index contributed by atoms with van der Waals surface area (Å²) in [6, 6.07) is 0. The molecule has 0 bridgehead atoms. The Morgan fingerprint density at radius 2 is 1.49 bits per heavy atom. The predicted octanol–water partition coefficient (Wildman–Crippen LogP) is 1.19. The maximum Gasteiger partial charge on any atom is 0.0837 e. The SMILES string of the molecule is CN1CCC2(CC1)CCN(CCOCC1CNCC(C3CN(C)CC4(CCN(C)CC4)O3)C1(C)O)CC2. The van der Waals surface area contributed by atoms with Crippen LogP contribution in [-0.4, -0.2) is 148 Å². The molecule has 0 radical (unpaired) electrons. The van der Waals surface area contributed by atoms with Gasteiger partial charge in [-0.05, 0) is 98.2 Å². The average molecular weight is 522 g/mol. The molecule has 5 fully saturated rings. The number of nitrogens with zero attached hydrogens (tertiary/aromatic N) is 4. The van der Waals surface area contributed by atoms with Crippen LogP contribution in [0.25, 0.3) is 0 Å². The molecule has 8 nitrogen and oxygen atoms in total. The van der Waals surface area contributed by atoms with Crippen LogP contribution in [0.4, 0.5) is 0 Å². The van der Waals surface area contributed by atoms with Crippen LogP contribution in [0.5, 0.6) is 0 Å². The lowest BCUT2D eigenvalue weighted by Gasteiger charge is -2.54. The summed E-state index contributed by atoms with van der Waals surface area (Å²) in [4.78, 5) is 9.91. The lowest BCUT2D eigenvalue weighted by atomic mass is 9.71. The van der Waals surface area contributed by atoms with Gasteiger partial charge in [0.05, 0.1) is 30.5 Å². The first kappa shape index (κ1) is 28.2. The molecule has 5 aliphatic rings. The molecule has 0 amide bonds. The van der Waals surface area contributed by atoms with Crippen LogP contribution in [-0.2, 0) is 9.47 Å². The Kier molecular flexibility index (Phi) is 8.89. The highest BCUT2D eigenvalue weighted by Crippen LogP contribution is 2.41. The van der Waals surface area contributed by atoms with E-state index in [2.05, 4.69) is 46.1 Å². The molecule has 2 N–H and O–H groups in total. The summed E-state index contributed by atoms with van der Waals surface area (Å²) in [5.74, 6) is 0.154. The number of likely N-dealkylation sites (N-methyl/N-ethyl adjacent to an activating group) is 1. The van der Waals surface area contributed by atoms with E-state index in [0.29, 0.717) is 12.0 Å². The summed E-state index contributed by atoms with van der Waals surface area (Å²) in [7, 11) is 6.68. The lowest BCUT2D eigenvalue weighted by Crippen LogP contribution is -2.66. The van der Waals surface area contributed by atoms with Gasteiger partial charge in [0.15, 0.2) is 0 Å². The number of piperidine rings is 4. The number of aliphatic hydroxyl groups is 1. The molecule has 5 rings (SSSR count). The second-order valence-corrected chi connectivity index (χ2v) is 13.7. The third-order valence-corrected chi connectivity index (χ3v) is 11.0. The van der Waals surface area contributed by atoms with Crippen LogP contribution < -0.4 is 5.32 Å². The third kappa shape index (κ3) is 6.54. The summed E-state index contributed by atoms with van der Waals surface area (Å²) in [5.41, 5.74) is -0.261. The minimum atomic E-state index is -0.799. The molecule has 37 heavy (non-hydrogen) atoms. The van der Waals surface area contributed by atoms with Gasteiger partial charge in [-0.2, -0.15) is 0 Å². The van der Waals surface area contributed by atoms with Gasteiger partial charge in [-0.3, -0.25) is 0 Å². The van der Waals surface area contributed by atoms with Gasteiger partial charge >= 0.3 is 0 Å². The smallest absolute Gasteiger partial charge is 0.0837 e. The second-order valence-electron chi connectivity index (χ2n) is 13.7. The van der Waals surface area contributed by atoms with Crippen molar-refractivity contribution >= 4 is 0 Å². The first-order valence-electron chi connectivity index (χ1n) is 15.2. The van der Waals surface area contributed by atoms with Crippen LogP contribution in [0.3, 0.4) is 0 Å². The van der Waals surface area contributed by atoms with Gasteiger partial charge in [0.1, 0.15) is 0 Å². The molecule has 8 heteroatoms. The molecule has 5 saturated heterocycles. The minimum Gasteiger partial charge on any atom is -0.389 e. The Morgan fingerprint density at radius 1 is 0.865 bits per heavy atom. The Bertz CT molecular complexity index is 725. The van der Waals surface area contributed by atoms with Crippen LogP contribution in [0.2, 0.25) is 0 Å². The highest BCUT2D eigenvalue weighted by atomic mass is 16.5. The Balaban J connectivity index is 1.08. The van der Waals surface area contributed by atoms with Crippen molar-refractivity contribution in [2.75, 3.05) is 106 Å². The average Bonchev–Trinajstić information content (AvgIpc) is 2.87. The number of hydrogen-bond donors (Lipinski definition) is 2. The molecule has 0 aromatic heterocycles. The molecule has 0 aromatic rings. The van der Waals surface area contributed by atoms with E-state index in [1.54, 1.807) is 0 Å². The van der Waals surface area contributed by atoms with Crippen LogP contribution in [0.15, 0.2) is 0 Å². The standard InChI is InChI=1S/C29H55N5O3/c1-27(35)24(22-36-18-17-34-15-7-28(8-16-34)5-11-31(2)12-6-28)19-30-20-25(27)26-21-33(4)23-29(37-26)9-13-32(3)14-10-29/h24-26,30,35H,5-23H2,1-4H3. The van der Waals surface area contributed by atoms with E-state index in [9.17, 15) is 5.11 Å². The zero-order valence-corrected chi connectivity index (χ0v) is 24.2. The maximum absolute atomic E-state index is 11.8. The largest absolute Gasteiger partial charge is 0.389 e. The first-order valence-corrected chi connectivity index (χ1v) is 15.2. The van der Waals surface area contributed by atoms with E-state index in [1.165, 1.54) is 51.9 Å². The molecular weight excluding hydrogens is 466 g/mol. The van der Waals surface area contributed by atoms with E-state index in [0.717, 1.165) is 65.3 Å². The fraction of sp³-hybridized carbons (Fsp3) is 1.00. The van der Waals surface area contributed by atoms with Gasteiger partial charge in [-0.15, -0.1) is 0 Å². The van der Waals surface area contributed by atoms with E-state index in [4.69, 9.17) is 9.47 Å². The van der Waals surface area contributed by atoms with Gasteiger partial charge in [-0.1, -0.05) is 0 Å². The number of morpholine rings is 1. The van der Waals surface area contributed by atoms with Crippen molar-refractivity contribution in [3.8, 4) is 0 Å². The zero-order valence-electron chi connectivity index (χ0n) is 24.2. The summed E-state index contributed by atoms with van der Waals surface area (Å²) < 4.78 is 13.1. The van der Waals surface area contributed by atoms with Gasteiger partial charge in [0.25, 0.3) is 0 Å². The van der Waals surface area contributed by atoms with E-state index in [-0.39, 0.29) is 23.5 Å². The Labute approximate surface area is 226 Å². The van der Waals surface area contributed by atoms with Crippen molar-refractivity contribution in [3.05, 3.63) is 0 Å². The summed E-state index contributed by atoms with van der Waals surface area (Å²) in [6.45, 7) is 15.0. The molecule has 5 aliphatic heterocycles. The van der Waals surface area contributed by atoms with E-state index < -0.39 is 5.60 Å². The molecule has 4 atom stereocenters. The predicted molar refractivity (Wildman–Crippen MR) is 148 cm³/mol. The number of nitrogens with one attached hydrogen (secondary N) is 1. The van der Waals surface area contributed by atoms with Crippen LogP contribution >= 0.6 is 0 Å². The Morgan fingerprint density at radius 3 is 2.16 bits per heavy atom. The van der Waals surface area contributed by atoms with Gasteiger partial charge in [0, 0.05) is 57.6 Å². The topological polar surface area (TPSA) is 63.7 Å². The third-order valence-electron chi connectivity index (χ3n) is 11.0. The van der Waals surface area contributed by atoms with Gasteiger partial charge in [-0.25, -0.2) is 0 Å². The van der Waals surface area contributed by atoms with Crippen molar-refractivity contribution < 1.29 is 14.6 Å². The minimum absolute atomic E-state index is 0.0488. The number of ether oxygens (including phenoxy) is 2. The number of likely N-dealkylation sites (tertiary alicyclic amines) is 3. The van der Waals surface area contributed by atoms with Gasteiger partial charge in [0.2, 0.25) is 0 Å². The Hall–Kier alpha value is -0.320.